The number of aliphatic carboxylic acids is 1. The summed E-state index contributed by atoms with van der Waals surface area (Å²) < 4.78 is 5.18. The zero-order valence-electron chi connectivity index (χ0n) is 9.67. The predicted molar refractivity (Wildman–Crippen MR) is 62.5 cm³/mol. The Kier molecular flexibility index (Phi) is 3.29. The lowest BCUT2D eigenvalue weighted by molar-refractivity contribution is -0.385. The van der Waals surface area contributed by atoms with Gasteiger partial charge in [0.1, 0.15) is 0 Å². The van der Waals surface area contributed by atoms with Gasteiger partial charge in [0.2, 0.25) is 0 Å². The topological polar surface area (TPSA) is 89.7 Å². The zero-order chi connectivity index (χ0) is 13.2. The number of hydrogen-bond donors (Lipinski definition) is 1. The third-order valence-corrected chi connectivity index (χ3v) is 3.37. The van der Waals surface area contributed by atoms with Crippen molar-refractivity contribution in [2.75, 3.05) is 13.2 Å². The molecule has 0 saturated carbocycles. The van der Waals surface area contributed by atoms with Crippen LogP contribution in [0.1, 0.15) is 18.4 Å². The molecule has 0 radical (unpaired) electrons. The number of hydrogen-bond acceptors (Lipinski definition) is 4. The molecule has 18 heavy (non-hydrogen) atoms. The lowest BCUT2D eigenvalue weighted by atomic mass is 9.74. The Morgan fingerprint density at radius 3 is 2.61 bits per heavy atom. The highest BCUT2D eigenvalue weighted by atomic mass is 16.6. The molecule has 1 fully saturated rings. The maximum atomic E-state index is 11.5. The molecule has 1 N–H and O–H groups in total. The molecular formula is C12H13NO5. The van der Waals surface area contributed by atoms with E-state index in [4.69, 9.17) is 4.74 Å². The zero-order valence-corrected chi connectivity index (χ0v) is 9.67. The van der Waals surface area contributed by atoms with Gasteiger partial charge in [-0.15, -0.1) is 0 Å². The number of rotatable bonds is 3. The van der Waals surface area contributed by atoms with E-state index in [1.807, 2.05) is 0 Å². The van der Waals surface area contributed by atoms with Crippen molar-refractivity contribution in [1.29, 1.82) is 0 Å². The molecule has 0 aliphatic carbocycles. The first-order valence-corrected chi connectivity index (χ1v) is 5.62. The summed E-state index contributed by atoms with van der Waals surface area (Å²) in [5.41, 5.74) is -0.670. The standard InChI is InChI=1S/C12H13NO5/c14-11(15)12(4-6-18-7-5-12)9-2-1-3-10(8-9)13(16)17/h1-3,8H,4-7H2,(H,14,15). The van der Waals surface area contributed by atoms with E-state index in [2.05, 4.69) is 0 Å². The minimum Gasteiger partial charge on any atom is -0.481 e. The van der Waals surface area contributed by atoms with Crippen molar-refractivity contribution in [3.63, 3.8) is 0 Å². The lowest BCUT2D eigenvalue weighted by Gasteiger charge is -2.33. The highest BCUT2D eigenvalue weighted by Crippen LogP contribution is 2.36. The number of nitro benzene ring substituents is 1. The molecule has 1 heterocycles. The van der Waals surface area contributed by atoms with Gasteiger partial charge in [0, 0.05) is 25.3 Å². The molecule has 6 nitrogen and oxygen atoms in total. The van der Waals surface area contributed by atoms with E-state index in [0.717, 1.165) is 0 Å². The number of carboxylic acid groups (broad SMARTS) is 1. The fourth-order valence-corrected chi connectivity index (χ4v) is 2.26. The second-order valence-corrected chi connectivity index (χ2v) is 4.31. The van der Waals surface area contributed by atoms with Gasteiger partial charge in [-0.05, 0) is 18.4 Å². The van der Waals surface area contributed by atoms with Crippen LogP contribution in [-0.4, -0.2) is 29.2 Å². The maximum absolute atomic E-state index is 11.5. The van der Waals surface area contributed by atoms with Crippen LogP contribution in [0.25, 0.3) is 0 Å². The first kappa shape index (κ1) is 12.5. The van der Waals surface area contributed by atoms with E-state index in [1.54, 1.807) is 6.07 Å². The van der Waals surface area contributed by atoms with E-state index in [0.29, 0.717) is 31.6 Å². The Balaban J connectivity index is 2.45. The van der Waals surface area contributed by atoms with Gasteiger partial charge in [-0.1, -0.05) is 12.1 Å². The van der Waals surface area contributed by atoms with Crippen LogP contribution in [-0.2, 0) is 14.9 Å². The summed E-state index contributed by atoms with van der Waals surface area (Å²) in [5.74, 6) is -0.953. The van der Waals surface area contributed by atoms with Crippen LogP contribution in [0, 0.1) is 10.1 Å². The Hall–Kier alpha value is -1.95. The number of ether oxygens (including phenoxy) is 1. The molecule has 0 aromatic heterocycles. The Morgan fingerprint density at radius 1 is 1.39 bits per heavy atom. The number of carbonyl (C=O) groups is 1. The van der Waals surface area contributed by atoms with Crippen molar-refractivity contribution in [2.24, 2.45) is 0 Å². The first-order valence-electron chi connectivity index (χ1n) is 5.62. The summed E-state index contributed by atoms with van der Waals surface area (Å²) in [7, 11) is 0. The van der Waals surface area contributed by atoms with Crippen molar-refractivity contribution < 1.29 is 19.6 Å². The summed E-state index contributed by atoms with van der Waals surface area (Å²) in [6.45, 7) is 0.712. The summed E-state index contributed by atoms with van der Waals surface area (Å²) >= 11 is 0. The lowest BCUT2D eigenvalue weighted by Crippen LogP contribution is -2.41. The van der Waals surface area contributed by atoms with Crippen molar-refractivity contribution in [1.82, 2.24) is 0 Å². The van der Waals surface area contributed by atoms with E-state index >= 15 is 0 Å². The van der Waals surface area contributed by atoms with E-state index in [1.165, 1.54) is 18.2 Å². The molecule has 0 bridgehead atoms. The molecule has 1 saturated heterocycles. The summed E-state index contributed by atoms with van der Waals surface area (Å²) in [6.07, 6.45) is 0.674. The number of benzene rings is 1. The molecule has 1 aliphatic rings. The second kappa shape index (κ2) is 4.73. The van der Waals surface area contributed by atoms with E-state index in [-0.39, 0.29) is 5.69 Å². The fraction of sp³-hybridized carbons (Fsp3) is 0.417. The van der Waals surface area contributed by atoms with Gasteiger partial charge in [0.05, 0.1) is 10.3 Å². The van der Waals surface area contributed by atoms with Gasteiger partial charge in [0.25, 0.3) is 5.69 Å². The minimum absolute atomic E-state index is 0.0837. The average molecular weight is 251 g/mol. The van der Waals surface area contributed by atoms with Crippen molar-refractivity contribution >= 4 is 11.7 Å². The van der Waals surface area contributed by atoms with E-state index < -0.39 is 16.3 Å². The molecule has 0 unspecified atom stereocenters. The molecule has 2 rings (SSSR count). The first-order chi connectivity index (χ1) is 8.56. The van der Waals surface area contributed by atoms with Crippen molar-refractivity contribution in [3.8, 4) is 0 Å². The molecule has 1 aliphatic heterocycles. The Labute approximate surface area is 103 Å². The molecule has 96 valence electrons. The van der Waals surface area contributed by atoms with Gasteiger partial charge >= 0.3 is 5.97 Å². The van der Waals surface area contributed by atoms with Gasteiger partial charge in [-0.2, -0.15) is 0 Å². The van der Waals surface area contributed by atoms with Crippen LogP contribution < -0.4 is 0 Å². The third-order valence-electron chi connectivity index (χ3n) is 3.37. The van der Waals surface area contributed by atoms with Gasteiger partial charge in [0.15, 0.2) is 0 Å². The van der Waals surface area contributed by atoms with Crippen molar-refractivity contribution in [3.05, 3.63) is 39.9 Å². The van der Waals surface area contributed by atoms with E-state index in [9.17, 15) is 20.0 Å². The number of nitro groups is 1. The smallest absolute Gasteiger partial charge is 0.314 e. The quantitative estimate of drug-likeness (QED) is 0.652. The number of non-ortho nitro benzene ring substituents is 1. The summed E-state index contributed by atoms with van der Waals surface area (Å²) in [6, 6.07) is 5.86. The normalized spacial score (nSPS) is 18.2. The largest absolute Gasteiger partial charge is 0.481 e. The Bertz CT molecular complexity index is 479. The van der Waals surface area contributed by atoms with Crippen LogP contribution in [0.4, 0.5) is 5.69 Å². The third kappa shape index (κ3) is 2.06. The molecule has 1 aromatic rings. The molecular weight excluding hydrogens is 238 g/mol. The predicted octanol–water partition coefficient (Wildman–Crippen LogP) is 1.73. The van der Waals surface area contributed by atoms with Crippen LogP contribution in [0.3, 0.4) is 0 Å². The highest BCUT2D eigenvalue weighted by molar-refractivity contribution is 5.81. The van der Waals surface area contributed by atoms with Crippen LogP contribution in [0.15, 0.2) is 24.3 Å². The van der Waals surface area contributed by atoms with Gasteiger partial charge < -0.3 is 9.84 Å². The maximum Gasteiger partial charge on any atom is 0.314 e. The summed E-state index contributed by atoms with van der Waals surface area (Å²) in [5, 5.41) is 20.2. The fourth-order valence-electron chi connectivity index (χ4n) is 2.26. The van der Waals surface area contributed by atoms with Crippen LogP contribution in [0.5, 0.6) is 0 Å². The average Bonchev–Trinajstić information content (AvgIpc) is 2.39. The number of carboxylic acids is 1. The monoisotopic (exact) mass is 251 g/mol. The molecule has 6 heteroatoms. The summed E-state index contributed by atoms with van der Waals surface area (Å²) in [4.78, 5) is 21.8. The molecule has 0 spiro atoms. The molecule has 1 aromatic carbocycles. The second-order valence-electron chi connectivity index (χ2n) is 4.31. The van der Waals surface area contributed by atoms with Gasteiger partial charge in [-0.3, -0.25) is 14.9 Å². The molecule has 0 amide bonds. The minimum atomic E-state index is -1.07. The van der Waals surface area contributed by atoms with Crippen LogP contribution in [0.2, 0.25) is 0 Å². The highest BCUT2D eigenvalue weighted by Gasteiger charge is 2.42. The Morgan fingerprint density at radius 2 is 2.06 bits per heavy atom. The van der Waals surface area contributed by atoms with Crippen molar-refractivity contribution in [2.45, 2.75) is 18.3 Å². The number of nitrogens with zero attached hydrogens (tertiary/aromatic N) is 1. The van der Waals surface area contributed by atoms with Crippen LogP contribution >= 0.6 is 0 Å². The molecule has 0 atom stereocenters. The van der Waals surface area contributed by atoms with Gasteiger partial charge in [-0.25, -0.2) is 0 Å². The SMILES string of the molecule is O=C(O)C1(c2cccc([N+](=O)[O-])c2)CCOCC1.